The Kier molecular flexibility index (Phi) is 5.58. The van der Waals surface area contributed by atoms with Crippen LogP contribution in [0.5, 0.6) is 11.5 Å². The standard InChI is InChI=1S/C15H8Cl2FNO.C2H6/c16-9-7-12(17)15-13(8-9)19-6-5-14(15)20-11-3-1-10(18)2-4-11;1-2/h1-8H;1-2H3. The van der Waals surface area contributed by atoms with Crippen molar-refractivity contribution in [2.24, 2.45) is 0 Å². The van der Waals surface area contributed by atoms with E-state index < -0.39 is 0 Å². The smallest absolute Gasteiger partial charge is 0.139 e. The van der Waals surface area contributed by atoms with Gasteiger partial charge in [0.05, 0.1) is 15.9 Å². The lowest BCUT2D eigenvalue weighted by molar-refractivity contribution is 0.485. The number of hydrogen-bond acceptors (Lipinski definition) is 2. The van der Waals surface area contributed by atoms with Crippen molar-refractivity contribution in [2.75, 3.05) is 0 Å². The number of hydrogen-bond donors (Lipinski definition) is 0. The molecular weight excluding hydrogens is 324 g/mol. The van der Waals surface area contributed by atoms with Crippen LogP contribution in [0.3, 0.4) is 0 Å². The van der Waals surface area contributed by atoms with Crippen LogP contribution in [0.2, 0.25) is 10.0 Å². The van der Waals surface area contributed by atoms with Gasteiger partial charge in [-0.25, -0.2) is 4.39 Å². The fraction of sp³-hybridized carbons (Fsp3) is 0.118. The molecule has 114 valence electrons. The van der Waals surface area contributed by atoms with Gasteiger partial charge >= 0.3 is 0 Å². The molecule has 2 aromatic carbocycles. The van der Waals surface area contributed by atoms with E-state index in [0.717, 1.165) is 0 Å². The average molecular weight is 338 g/mol. The Morgan fingerprint density at radius 1 is 1.00 bits per heavy atom. The molecule has 0 fully saturated rings. The number of fused-ring (bicyclic) bond motifs is 1. The number of benzene rings is 2. The number of rotatable bonds is 2. The van der Waals surface area contributed by atoms with Crippen LogP contribution in [0.1, 0.15) is 13.8 Å². The Morgan fingerprint density at radius 3 is 2.36 bits per heavy atom. The minimum atomic E-state index is -0.318. The Labute approximate surface area is 138 Å². The highest BCUT2D eigenvalue weighted by Crippen LogP contribution is 2.35. The summed E-state index contributed by atoms with van der Waals surface area (Å²) < 4.78 is 18.6. The van der Waals surface area contributed by atoms with E-state index in [9.17, 15) is 4.39 Å². The van der Waals surface area contributed by atoms with Crippen LogP contribution < -0.4 is 4.74 Å². The monoisotopic (exact) mass is 337 g/mol. The Morgan fingerprint density at radius 2 is 1.68 bits per heavy atom. The fourth-order valence-corrected chi connectivity index (χ4v) is 2.46. The quantitative estimate of drug-likeness (QED) is 0.532. The van der Waals surface area contributed by atoms with E-state index in [-0.39, 0.29) is 5.82 Å². The average Bonchev–Trinajstić information content (AvgIpc) is 2.51. The van der Waals surface area contributed by atoms with Gasteiger partial charge in [-0.3, -0.25) is 4.98 Å². The normalized spacial score (nSPS) is 10.0. The summed E-state index contributed by atoms with van der Waals surface area (Å²) in [6.45, 7) is 4.00. The predicted octanol–water partition coefficient (Wildman–Crippen LogP) is 6.50. The summed E-state index contributed by atoms with van der Waals surface area (Å²) in [6, 6.07) is 10.8. The van der Waals surface area contributed by atoms with Crippen molar-refractivity contribution in [1.29, 1.82) is 0 Å². The Bertz CT molecular complexity index is 775. The molecule has 0 aliphatic carbocycles. The highest BCUT2D eigenvalue weighted by Gasteiger charge is 2.10. The third-order valence-electron chi connectivity index (χ3n) is 2.76. The maximum atomic E-state index is 12.9. The van der Waals surface area contributed by atoms with Gasteiger partial charge in [-0.05, 0) is 42.5 Å². The molecule has 0 bridgehead atoms. The second-order valence-electron chi connectivity index (χ2n) is 4.15. The molecule has 0 atom stereocenters. The second kappa shape index (κ2) is 7.43. The molecule has 0 unspecified atom stereocenters. The molecule has 1 aromatic heterocycles. The first-order valence-electron chi connectivity index (χ1n) is 6.81. The molecule has 0 amide bonds. The molecule has 0 saturated carbocycles. The first kappa shape index (κ1) is 16.5. The molecule has 0 N–H and O–H groups in total. The lowest BCUT2D eigenvalue weighted by atomic mass is 10.2. The maximum Gasteiger partial charge on any atom is 0.139 e. The summed E-state index contributed by atoms with van der Waals surface area (Å²) in [5, 5.41) is 1.63. The van der Waals surface area contributed by atoms with Crippen molar-refractivity contribution >= 4 is 34.1 Å². The van der Waals surface area contributed by atoms with Gasteiger partial charge in [0.2, 0.25) is 0 Å². The zero-order valence-corrected chi connectivity index (χ0v) is 13.6. The lowest BCUT2D eigenvalue weighted by Gasteiger charge is -2.10. The van der Waals surface area contributed by atoms with Crippen LogP contribution in [0.15, 0.2) is 48.7 Å². The van der Waals surface area contributed by atoms with E-state index in [2.05, 4.69) is 4.98 Å². The van der Waals surface area contributed by atoms with Crippen LogP contribution in [-0.2, 0) is 0 Å². The van der Waals surface area contributed by atoms with Gasteiger partial charge in [-0.1, -0.05) is 37.0 Å². The van der Waals surface area contributed by atoms with Crippen molar-refractivity contribution in [2.45, 2.75) is 13.8 Å². The van der Waals surface area contributed by atoms with E-state index in [4.69, 9.17) is 27.9 Å². The summed E-state index contributed by atoms with van der Waals surface area (Å²) in [5.41, 5.74) is 0.641. The number of nitrogens with zero attached hydrogens (tertiary/aromatic N) is 1. The summed E-state index contributed by atoms with van der Waals surface area (Å²) in [5.74, 6) is 0.745. The van der Waals surface area contributed by atoms with Crippen molar-refractivity contribution in [3.8, 4) is 11.5 Å². The number of ether oxygens (including phenoxy) is 1. The molecule has 0 saturated heterocycles. The SMILES string of the molecule is CC.Fc1ccc(Oc2ccnc3cc(Cl)cc(Cl)c23)cc1. The van der Waals surface area contributed by atoms with Gasteiger partial charge in [0.15, 0.2) is 0 Å². The van der Waals surface area contributed by atoms with Crippen LogP contribution >= 0.6 is 23.2 Å². The zero-order valence-electron chi connectivity index (χ0n) is 12.1. The first-order valence-corrected chi connectivity index (χ1v) is 7.56. The van der Waals surface area contributed by atoms with Crippen LogP contribution in [0.4, 0.5) is 4.39 Å². The van der Waals surface area contributed by atoms with Gasteiger partial charge in [0.1, 0.15) is 17.3 Å². The molecular formula is C17H14Cl2FNO. The molecule has 0 aliphatic heterocycles. The van der Waals surface area contributed by atoms with Gasteiger partial charge in [0.25, 0.3) is 0 Å². The molecule has 3 rings (SSSR count). The summed E-state index contributed by atoms with van der Waals surface area (Å²) >= 11 is 12.1. The van der Waals surface area contributed by atoms with Crippen molar-refractivity contribution < 1.29 is 9.13 Å². The van der Waals surface area contributed by atoms with Gasteiger partial charge < -0.3 is 4.74 Å². The van der Waals surface area contributed by atoms with Gasteiger partial charge in [-0.15, -0.1) is 0 Å². The van der Waals surface area contributed by atoms with Crippen LogP contribution in [-0.4, -0.2) is 4.98 Å². The highest BCUT2D eigenvalue weighted by atomic mass is 35.5. The van der Waals surface area contributed by atoms with E-state index in [1.165, 1.54) is 12.1 Å². The lowest BCUT2D eigenvalue weighted by Crippen LogP contribution is -1.89. The summed E-state index contributed by atoms with van der Waals surface area (Å²) in [6.07, 6.45) is 1.61. The Hall–Kier alpha value is -1.84. The van der Waals surface area contributed by atoms with Crippen molar-refractivity contribution in [1.82, 2.24) is 4.98 Å². The molecule has 22 heavy (non-hydrogen) atoms. The molecule has 2 nitrogen and oxygen atoms in total. The summed E-state index contributed by atoms with van der Waals surface area (Å²) in [7, 11) is 0. The largest absolute Gasteiger partial charge is 0.457 e. The molecule has 3 aromatic rings. The van der Waals surface area contributed by atoms with E-state index in [0.29, 0.717) is 32.4 Å². The predicted molar refractivity (Wildman–Crippen MR) is 89.6 cm³/mol. The Balaban J connectivity index is 0.000000847. The zero-order chi connectivity index (χ0) is 16.1. The van der Waals surface area contributed by atoms with E-state index >= 15 is 0 Å². The molecule has 5 heteroatoms. The van der Waals surface area contributed by atoms with E-state index in [1.807, 2.05) is 13.8 Å². The summed E-state index contributed by atoms with van der Waals surface area (Å²) in [4.78, 5) is 4.21. The third kappa shape index (κ3) is 3.67. The number of pyridine rings is 1. The minimum Gasteiger partial charge on any atom is -0.457 e. The minimum absolute atomic E-state index is 0.318. The van der Waals surface area contributed by atoms with Gasteiger partial charge in [0, 0.05) is 11.2 Å². The topological polar surface area (TPSA) is 22.1 Å². The van der Waals surface area contributed by atoms with Crippen LogP contribution in [0.25, 0.3) is 10.9 Å². The molecule has 0 aliphatic rings. The van der Waals surface area contributed by atoms with E-state index in [1.54, 1.807) is 36.5 Å². The molecule has 1 heterocycles. The van der Waals surface area contributed by atoms with Crippen molar-refractivity contribution in [3.05, 3.63) is 64.5 Å². The third-order valence-corrected chi connectivity index (χ3v) is 3.28. The van der Waals surface area contributed by atoms with Crippen LogP contribution in [0, 0.1) is 5.82 Å². The number of aromatic nitrogens is 1. The fourth-order valence-electron chi connectivity index (χ4n) is 1.89. The number of halogens is 3. The molecule has 0 radical (unpaired) electrons. The second-order valence-corrected chi connectivity index (χ2v) is 4.99. The van der Waals surface area contributed by atoms with Gasteiger partial charge in [-0.2, -0.15) is 0 Å². The first-order chi connectivity index (χ1) is 10.6. The van der Waals surface area contributed by atoms with Crippen molar-refractivity contribution in [3.63, 3.8) is 0 Å². The maximum absolute atomic E-state index is 12.9. The molecule has 0 spiro atoms. The highest BCUT2D eigenvalue weighted by molar-refractivity contribution is 6.39.